The normalized spacial score (nSPS) is 11.0. The molecule has 2 rings (SSSR count). The quantitative estimate of drug-likeness (QED) is 0.448. The predicted molar refractivity (Wildman–Crippen MR) is 88.6 cm³/mol. The summed E-state index contributed by atoms with van der Waals surface area (Å²) in [5, 5.41) is 0. The number of pyridine rings is 1. The van der Waals surface area contributed by atoms with Crippen LogP contribution in [0.3, 0.4) is 0 Å². The molecular formula is C18H18N2O3. The SMILES string of the molecule is COC(=O)/C=C/COc1ccccc1C=NCc1ccccn1. The van der Waals surface area contributed by atoms with Gasteiger partial charge in [0.2, 0.25) is 0 Å². The maximum atomic E-state index is 11.0. The van der Waals surface area contributed by atoms with Crippen LogP contribution in [0.2, 0.25) is 0 Å². The third-order valence-corrected chi connectivity index (χ3v) is 2.92. The van der Waals surface area contributed by atoms with Gasteiger partial charge in [-0.05, 0) is 30.3 Å². The van der Waals surface area contributed by atoms with Gasteiger partial charge in [0.25, 0.3) is 0 Å². The van der Waals surface area contributed by atoms with E-state index in [0.717, 1.165) is 11.3 Å². The summed E-state index contributed by atoms with van der Waals surface area (Å²) < 4.78 is 10.1. The molecule has 0 aliphatic carbocycles. The Kier molecular flexibility index (Phi) is 6.53. The first kappa shape index (κ1) is 16.4. The number of hydrogen-bond acceptors (Lipinski definition) is 5. The fraction of sp³-hybridized carbons (Fsp3) is 0.167. The monoisotopic (exact) mass is 310 g/mol. The Labute approximate surface area is 135 Å². The summed E-state index contributed by atoms with van der Waals surface area (Å²) in [4.78, 5) is 19.6. The van der Waals surface area contributed by atoms with Crippen LogP contribution in [0.5, 0.6) is 5.75 Å². The van der Waals surface area contributed by atoms with Gasteiger partial charge < -0.3 is 9.47 Å². The zero-order valence-corrected chi connectivity index (χ0v) is 12.9. The minimum absolute atomic E-state index is 0.278. The van der Waals surface area contributed by atoms with E-state index in [1.54, 1.807) is 18.5 Å². The summed E-state index contributed by atoms with van der Waals surface area (Å²) in [5.74, 6) is 0.297. The van der Waals surface area contributed by atoms with Gasteiger partial charge in [0, 0.05) is 24.1 Å². The third kappa shape index (κ3) is 5.74. The standard InChI is InChI=1S/C18H18N2O3/c1-22-18(21)10-6-12-23-17-9-3-2-7-15(17)13-19-14-16-8-4-5-11-20-16/h2-11,13H,12,14H2,1H3/b10-6+,19-13?. The second-order valence-electron chi connectivity index (χ2n) is 4.57. The van der Waals surface area contributed by atoms with E-state index in [0.29, 0.717) is 12.3 Å². The Morgan fingerprint density at radius 3 is 2.83 bits per heavy atom. The largest absolute Gasteiger partial charge is 0.489 e. The lowest BCUT2D eigenvalue weighted by Crippen LogP contribution is -2.00. The van der Waals surface area contributed by atoms with Crippen molar-refractivity contribution in [3.63, 3.8) is 0 Å². The van der Waals surface area contributed by atoms with E-state index in [1.807, 2.05) is 42.5 Å². The summed E-state index contributed by atoms with van der Waals surface area (Å²) in [7, 11) is 1.33. The van der Waals surface area contributed by atoms with Gasteiger partial charge >= 0.3 is 5.97 Å². The predicted octanol–water partition coefficient (Wildman–Crippen LogP) is 2.81. The molecule has 118 valence electrons. The number of ether oxygens (including phenoxy) is 2. The highest BCUT2D eigenvalue weighted by Crippen LogP contribution is 2.16. The van der Waals surface area contributed by atoms with Crippen molar-refractivity contribution in [1.82, 2.24) is 4.98 Å². The lowest BCUT2D eigenvalue weighted by atomic mass is 10.2. The van der Waals surface area contributed by atoms with Crippen molar-refractivity contribution < 1.29 is 14.3 Å². The van der Waals surface area contributed by atoms with Gasteiger partial charge in [0.15, 0.2) is 0 Å². The van der Waals surface area contributed by atoms with Crippen molar-refractivity contribution in [2.24, 2.45) is 4.99 Å². The van der Waals surface area contributed by atoms with Gasteiger partial charge in [-0.3, -0.25) is 9.98 Å². The molecule has 0 aliphatic heterocycles. The van der Waals surface area contributed by atoms with Crippen LogP contribution in [-0.4, -0.2) is 30.9 Å². The van der Waals surface area contributed by atoms with Crippen LogP contribution in [-0.2, 0) is 16.1 Å². The molecule has 0 saturated carbocycles. The second-order valence-corrected chi connectivity index (χ2v) is 4.57. The average Bonchev–Trinajstić information content (AvgIpc) is 2.60. The molecule has 0 atom stereocenters. The molecule has 0 fully saturated rings. The molecule has 1 aromatic heterocycles. The fourth-order valence-corrected chi connectivity index (χ4v) is 1.80. The highest BCUT2D eigenvalue weighted by molar-refractivity contribution is 5.83. The van der Waals surface area contributed by atoms with Gasteiger partial charge in [-0.2, -0.15) is 0 Å². The van der Waals surface area contributed by atoms with Gasteiger partial charge in [-0.15, -0.1) is 0 Å². The zero-order chi connectivity index (χ0) is 16.3. The molecule has 0 amide bonds. The second kappa shape index (κ2) is 9.15. The number of rotatable bonds is 7. The number of methoxy groups -OCH3 is 1. The number of carbonyl (C=O) groups is 1. The number of para-hydroxylation sites is 1. The topological polar surface area (TPSA) is 60.8 Å². The third-order valence-electron chi connectivity index (χ3n) is 2.92. The van der Waals surface area contributed by atoms with E-state index < -0.39 is 5.97 Å². The lowest BCUT2D eigenvalue weighted by Gasteiger charge is -2.06. The van der Waals surface area contributed by atoms with Crippen molar-refractivity contribution in [2.45, 2.75) is 6.54 Å². The number of benzene rings is 1. The molecule has 0 unspecified atom stereocenters. The Morgan fingerprint density at radius 1 is 1.22 bits per heavy atom. The summed E-state index contributed by atoms with van der Waals surface area (Å²) in [6.07, 6.45) is 6.44. The molecule has 1 heterocycles. The Balaban J connectivity index is 1.94. The molecule has 23 heavy (non-hydrogen) atoms. The van der Waals surface area contributed by atoms with Crippen LogP contribution in [0, 0.1) is 0 Å². The fourth-order valence-electron chi connectivity index (χ4n) is 1.80. The molecule has 0 radical (unpaired) electrons. The molecule has 1 aromatic carbocycles. The van der Waals surface area contributed by atoms with Crippen LogP contribution in [0.4, 0.5) is 0 Å². The molecule has 0 saturated heterocycles. The zero-order valence-electron chi connectivity index (χ0n) is 12.9. The summed E-state index contributed by atoms with van der Waals surface area (Å²) >= 11 is 0. The number of nitrogens with zero attached hydrogens (tertiary/aromatic N) is 2. The minimum Gasteiger partial charge on any atom is -0.489 e. The van der Waals surface area contributed by atoms with E-state index >= 15 is 0 Å². The van der Waals surface area contributed by atoms with E-state index in [2.05, 4.69) is 14.7 Å². The number of carbonyl (C=O) groups excluding carboxylic acids is 1. The highest BCUT2D eigenvalue weighted by Gasteiger charge is 1.99. The Hall–Kier alpha value is -2.95. The Bertz CT molecular complexity index is 682. The summed E-state index contributed by atoms with van der Waals surface area (Å²) in [6.45, 7) is 0.789. The highest BCUT2D eigenvalue weighted by atomic mass is 16.5. The van der Waals surface area contributed by atoms with Crippen molar-refractivity contribution in [2.75, 3.05) is 13.7 Å². The smallest absolute Gasteiger partial charge is 0.330 e. The van der Waals surface area contributed by atoms with Gasteiger partial charge in [0.05, 0.1) is 19.3 Å². The van der Waals surface area contributed by atoms with Crippen LogP contribution < -0.4 is 4.74 Å². The summed E-state index contributed by atoms with van der Waals surface area (Å²) in [6, 6.07) is 13.3. The van der Waals surface area contributed by atoms with E-state index in [4.69, 9.17) is 4.74 Å². The number of hydrogen-bond donors (Lipinski definition) is 0. The minimum atomic E-state index is -0.404. The molecule has 0 spiro atoms. The van der Waals surface area contributed by atoms with Crippen molar-refractivity contribution in [3.8, 4) is 5.75 Å². The first-order chi connectivity index (χ1) is 11.3. The maximum Gasteiger partial charge on any atom is 0.330 e. The number of aliphatic imine (C=N–C) groups is 1. The van der Waals surface area contributed by atoms with Crippen LogP contribution in [0.25, 0.3) is 0 Å². The van der Waals surface area contributed by atoms with Gasteiger partial charge in [-0.25, -0.2) is 4.79 Å². The molecule has 5 nitrogen and oxygen atoms in total. The van der Waals surface area contributed by atoms with E-state index in [1.165, 1.54) is 13.2 Å². The Morgan fingerprint density at radius 2 is 2.04 bits per heavy atom. The molecule has 5 heteroatoms. The molecular weight excluding hydrogens is 292 g/mol. The summed E-state index contributed by atoms with van der Waals surface area (Å²) in [5.41, 5.74) is 1.78. The molecule has 0 bridgehead atoms. The van der Waals surface area contributed by atoms with Crippen molar-refractivity contribution in [1.29, 1.82) is 0 Å². The first-order valence-electron chi connectivity index (χ1n) is 7.15. The van der Waals surface area contributed by atoms with Crippen molar-refractivity contribution >= 4 is 12.2 Å². The van der Waals surface area contributed by atoms with Gasteiger partial charge in [0.1, 0.15) is 12.4 Å². The van der Waals surface area contributed by atoms with Gasteiger partial charge in [-0.1, -0.05) is 18.2 Å². The lowest BCUT2D eigenvalue weighted by molar-refractivity contribution is -0.134. The molecule has 0 aliphatic rings. The van der Waals surface area contributed by atoms with Crippen LogP contribution in [0.1, 0.15) is 11.3 Å². The molecule has 0 N–H and O–H groups in total. The first-order valence-corrected chi connectivity index (χ1v) is 7.15. The van der Waals surface area contributed by atoms with Crippen LogP contribution >= 0.6 is 0 Å². The van der Waals surface area contributed by atoms with Crippen molar-refractivity contribution in [3.05, 3.63) is 72.1 Å². The van der Waals surface area contributed by atoms with E-state index in [9.17, 15) is 4.79 Å². The maximum absolute atomic E-state index is 11.0. The van der Waals surface area contributed by atoms with Crippen LogP contribution in [0.15, 0.2) is 65.8 Å². The average molecular weight is 310 g/mol. The number of aromatic nitrogens is 1. The number of esters is 1. The molecule has 2 aromatic rings. The van der Waals surface area contributed by atoms with E-state index in [-0.39, 0.29) is 6.61 Å².